The Bertz CT molecular complexity index is 247. The fourth-order valence-electron chi connectivity index (χ4n) is 2.23. The van der Waals surface area contributed by atoms with Crippen LogP contribution in [0.1, 0.15) is 51.4 Å². The number of Topliss-reactive ketones (excluding diaryl/α,β-unsaturated/α-hetero) is 1. The average Bonchev–Trinajstić information content (AvgIpc) is 2.34. The molecular weight excluding hydrogens is 236 g/mol. The number of carboxylic acid groups (broad SMARTS) is 1. The summed E-state index contributed by atoms with van der Waals surface area (Å²) < 4.78 is 0. The van der Waals surface area contributed by atoms with Gasteiger partial charge in [0, 0.05) is 24.5 Å². The van der Waals surface area contributed by atoms with Gasteiger partial charge in [-0.1, -0.05) is 19.3 Å². The molecule has 0 aromatic rings. The van der Waals surface area contributed by atoms with Crippen molar-refractivity contribution in [2.45, 2.75) is 51.4 Å². The third kappa shape index (κ3) is 6.71. The van der Waals surface area contributed by atoms with Crippen LogP contribution in [-0.4, -0.2) is 28.4 Å². The van der Waals surface area contributed by atoms with Crippen LogP contribution in [0.15, 0.2) is 0 Å². The second kappa shape index (κ2) is 8.56. The predicted octanol–water partition coefficient (Wildman–Crippen LogP) is 3.12. The molecule has 0 aliphatic heterocycles. The van der Waals surface area contributed by atoms with E-state index in [1.165, 1.54) is 19.3 Å². The first-order valence-electron chi connectivity index (χ1n) is 6.52. The standard InChI is InChI=1S/C13H22O3S/c14-12(11-5-2-1-3-6-11)8-10-17-9-4-7-13(15)16/h11H,1-10H2,(H,15,16). The van der Waals surface area contributed by atoms with Crippen molar-refractivity contribution in [3.05, 3.63) is 0 Å². The fourth-order valence-corrected chi connectivity index (χ4v) is 3.13. The SMILES string of the molecule is O=C(O)CCCSCCC(=O)C1CCCCC1. The van der Waals surface area contributed by atoms with Crippen LogP contribution in [-0.2, 0) is 9.59 Å². The van der Waals surface area contributed by atoms with Gasteiger partial charge in [0.15, 0.2) is 0 Å². The smallest absolute Gasteiger partial charge is 0.303 e. The maximum atomic E-state index is 11.8. The Balaban J connectivity index is 1.98. The molecule has 98 valence electrons. The van der Waals surface area contributed by atoms with Gasteiger partial charge in [0.25, 0.3) is 0 Å². The van der Waals surface area contributed by atoms with Crippen molar-refractivity contribution in [3.63, 3.8) is 0 Å². The largest absolute Gasteiger partial charge is 0.481 e. The van der Waals surface area contributed by atoms with Gasteiger partial charge in [-0.3, -0.25) is 9.59 Å². The number of thioether (sulfide) groups is 1. The van der Waals surface area contributed by atoms with Gasteiger partial charge < -0.3 is 5.11 Å². The quantitative estimate of drug-likeness (QED) is 0.680. The molecule has 0 aromatic heterocycles. The molecule has 0 aromatic carbocycles. The number of aliphatic carboxylic acids is 1. The minimum Gasteiger partial charge on any atom is -0.481 e. The Kier molecular flexibility index (Phi) is 7.33. The molecule has 17 heavy (non-hydrogen) atoms. The summed E-state index contributed by atoms with van der Waals surface area (Å²) in [7, 11) is 0. The second-order valence-electron chi connectivity index (χ2n) is 4.66. The van der Waals surface area contributed by atoms with Crippen LogP contribution in [0.4, 0.5) is 0 Å². The fraction of sp³-hybridized carbons (Fsp3) is 0.846. The summed E-state index contributed by atoms with van der Waals surface area (Å²) in [6, 6.07) is 0. The van der Waals surface area contributed by atoms with E-state index < -0.39 is 5.97 Å². The Hall–Kier alpha value is -0.510. The Morgan fingerprint density at radius 1 is 1.06 bits per heavy atom. The van der Waals surface area contributed by atoms with E-state index in [4.69, 9.17) is 5.11 Å². The van der Waals surface area contributed by atoms with Crippen molar-refractivity contribution in [1.29, 1.82) is 0 Å². The van der Waals surface area contributed by atoms with Crippen molar-refractivity contribution >= 4 is 23.5 Å². The predicted molar refractivity (Wildman–Crippen MR) is 70.4 cm³/mol. The lowest BCUT2D eigenvalue weighted by Gasteiger charge is -2.19. The first-order valence-corrected chi connectivity index (χ1v) is 7.68. The topological polar surface area (TPSA) is 54.4 Å². The molecule has 0 atom stereocenters. The third-order valence-corrected chi connectivity index (χ3v) is 4.30. The summed E-state index contributed by atoms with van der Waals surface area (Å²) in [4.78, 5) is 22.1. The lowest BCUT2D eigenvalue weighted by atomic mass is 9.85. The summed E-state index contributed by atoms with van der Waals surface area (Å²) in [5.41, 5.74) is 0. The summed E-state index contributed by atoms with van der Waals surface area (Å²) in [5.74, 6) is 1.72. The highest BCUT2D eigenvalue weighted by Crippen LogP contribution is 2.25. The van der Waals surface area contributed by atoms with E-state index in [1.807, 2.05) is 0 Å². The van der Waals surface area contributed by atoms with E-state index in [0.717, 1.165) is 24.3 Å². The van der Waals surface area contributed by atoms with Gasteiger partial charge in [-0.25, -0.2) is 0 Å². The third-order valence-electron chi connectivity index (χ3n) is 3.23. The van der Waals surface area contributed by atoms with Crippen LogP contribution in [0.2, 0.25) is 0 Å². The first kappa shape index (κ1) is 14.6. The van der Waals surface area contributed by atoms with E-state index in [0.29, 0.717) is 24.5 Å². The molecule has 0 bridgehead atoms. The number of hydrogen-bond donors (Lipinski definition) is 1. The summed E-state index contributed by atoms with van der Waals surface area (Å²) in [5, 5.41) is 8.47. The number of ketones is 1. The van der Waals surface area contributed by atoms with Gasteiger partial charge in [0.05, 0.1) is 0 Å². The molecule has 1 saturated carbocycles. The van der Waals surface area contributed by atoms with Crippen LogP contribution >= 0.6 is 11.8 Å². The first-order chi connectivity index (χ1) is 8.20. The van der Waals surface area contributed by atoms with Gasteiger partial charge >= 0.3 is 5.97 Å². The molecule has 0 saturated heterocycles. The zero-order chi connectivity index (χ0) is 12.5. The van der Waals surface area contributed by atoms with Gasteiger partial charge in [-0.2, -0.15) is 11.8 Å². The average molecular weight is 258 g/mol. The van der Waals surface area contributed by atoms with Crippen molar-refractivity contribution in [1.82, 2.24) is 0 Å². The summed E-state index contributed by atoms with van der Waals surface area (Å²) >= 11 is 1.70. The lowest BCUT2D eigenvalue weighted by molar-refractivity contribution is -0.137. The lowest BCUT2D eigenvalue weighted by Crippen LogP contribution is -2.18. The van der Waals surface area contributed by atoms with Crippen molar-refractivity contribution in [2.24, 2.45) is 5.92 Å². The molecule has 1 aliphatic rings. The Morgan fingerprint density at radius 2 is 1.76 bits per heavy atom. The monoisotopic (exact) mass is 258 g/mol. The zero-order valence-corrected chi connectivity index (χ0v) is 11.1. The molecule has 0 spiro atoms. The van der Waals surface area contributed by atoms with Gasteiger partial charge in [0.2, 0.25) is 0 Å². The number of carboxylic acids is 1. The highest BCUT2D eigenvalue weighted by molar-refractivity contribution is 7.99. The molecule has 1 rings (SSSR count). The highest BCUT2D eigenvalue weighted by Gasteiger charge is 2.20. The summed E-state index contributed by atoms with van der Waals surface area (Å²) in [6.45, 7) is 0. The number of rotatable bonds is 8. The van der Waals surface area contributed by atoms with Crippen molar-refractivity contribution < 1.29 is 14.7 Å². The Morgan fingerprint density at radius 3 is 2.41 bits per heavy atom. The second-order valence-corrected chi connectivity index (χ2v) is 5.89. The number of carbonyl (C=O) groups is 2. The van der Waals surface area contributed by atoms with E-state index in [9.17, 15) is 9.59 Å². The van der Waals surface area contributed by atoms with E-state index >= 15 is 0 Å². The summed E-state index contributed by atoms with van der Waals surface area (Å²) in [6.07, 6.45) is 7.49. The highest BCUT2D eigenvalue weighted by atomic mass is 32.2. The van der Waals surface area contributed by atoms with Gasteiger partial charge in [-0.05, 0) is 25.0 Å². The molecule has 1 aliphatic carbocycles. The zero-order valence-electron chi connectivity index (χ0n) is 10.3. The van der Waals surface area contributed by atoms with Crippen LogP contribution in [0.25, 0.3) is 0 Å². The molecule has 3 nitrogen and oxygen atoms in total. The van der Waals surface area contributed by atoms with Crippen LogP contribution in [0.5, 0.6) is 0 Å². The van der Waals surface area contributed by atoms with E-state index in [2.05, 4.69) is 0 Å². The van der Waals surface area contributed by atoms with Crippen LogP contribution < -0.4 is 0 Å². The molecule has 0 radical (unpaired) electrons. The maximum Gasteiger partial charge on any atom is 0.303 e. The normalized spacial score (nSPS) is 16.9. The van der Waals surface area contributed by atoms with Crippen LogP contribution in [0.3, 0.4) is 0 Å². The molecule has 0 unspecified atom stereocenters. The van der Waals surface area contributed by atoms with Gasteiger partial charge in [-0.15, -0.1) is 0 Å². The molecule has 4 heteroatoms. The van der Waals surface area contributed by atoms with Crippen molar-refractivity contribution in [3.8, 4) is 0 Å². The maximum absolute atomic E-state index is 11.8. The van der Waals surface area contributed by atoms with E-state index in [-0.39, 0.29) is 6.42 Å². The minimum atomic E-state index is -0.733. The molecule has 0 heterocycles. The molecular formula is C13H22O3S. The van der Waals surface area contributed by atoms with Crippen molar-refractivity contribution in [2.75, 3.05) is 11.5 Å². The van der Waals surface area contributed by atoms with Gasteiger partial charge in [0.1, 0.15) is 5.78 Å². The Labute approximate surface area is 107 Å². The number of hydrogen-bond acceptors (Lipinski definition) is 3. The van der Waals surface area contributed by atoms with E-state index in [1.54, 1.807) is 11.8 Å². The molecule has 0 amide bonds. The van der Waals surface area contributed by atoms with Crippen LogP contribution in [0, 0.1) is 5.92 Å². The number of carbonyl (C=O) groups excluding carboxylic acids is 1. The molecule has 1 N–H and O–H groups in total. The molecule has 1 fully saturated rings. The minimum absolute atomic E-state index is 0.240.